The number of carboxylic acids is 1. The summed E-state index contributed by atoms with van der Waals surface area (Å²) in [4.78, 5) is 22.7. The first-order valence-corrected chi connectivity index (χ1v) is 8.71. The molecule has 6 nitrogen and oxygen atoms in total. The number of hydrogen-bond acceptors (Lipinski definition) is 4. The maximum atomic E-state index is 12.1. The lowest BCUT2D eigenvalue weighted by Gasteiger charge is -2.09. The van der Waals surface area contributed by atoms with Gasteiger partial charge in [0.2, 0.25) is 0 Å². The molecule has 6 heteroatoms. The van der Waals surface area contributed by atoms with Crippen LogP contribution in [0.4, 0.5) is 0 Å². The summed E-state index contributed by atoms with van der Waals surface area (Å²) in [6, 6.07) is 17.1. The van der Waals surface area contributed by atoms with Gasteiger partial charge in [0.15, 0.2) is 5.76 Å². The molecule has 1 aromatic heterocycles. The Morgan fingerprint density at radius 2 is 1.89 bits per heavy atom. The number of amides is 1. The van der Waals surface area contributed by atoms with Crippen molar-refractivity contribution in [2.45, 2.75) is 20.0 Å². The van der Waals surface area contributed by atoms with Crippen LogP contribution >= 0.6 is 0 Å². The summed E-state index contributed by atoms with van der Waals surface area (Å²) in [5.74, 6) is 0.0179. The molecule has 0 spiro atoms. The number of furan rings is 1. The molecular weight excluding hydrogens is 346 g/mol. The van der Waals surface area contributed by atoms with Crippen LogP contribution in [0.2, 0.25) is 0 Å². The minimum absolute atomic E-state index is 0.00326. The van der Waals surface area contributed by atoms with Gasteiger partial charge in [-0.25, -0.2) is 0 Å². The van der Waals surface area contributed by atoms with Crippen LogP contribution in [0.25, 0.3) is 10.8 Å². The van der Waals surface area contributed by atoms with Gasteiger partial charge in [-0.15, -0.1) is 0 Å². The molecule has 3 aromatic rings. The van der Waals surface area contributed by atoms with E-state index in [-0.39, 0.29) is 37.2 Å². The summed E-state index contributed by atoms with van der Waals surface area (Å²) in [5, 5.41) is 13.6. The zero-order valence-electron chi connectivity index (χ0n) is 15.0. The van der Waals surface area contributed by atoms with Gasteiger partial charge in [-0.3, -0.25) is 9.59 Å². The Kier molecular flexibility index (Phi) is 5.76. The molecule has 1 heterocycles. The number of aliphatic carboxylic acids is 1. The second-order valence-corrected chi connectivity index (χ2v) is 6.48. The summed E-state index contributed by atoms with van der Waals surface area (Å²) in [6.07, 6.45) is 0.00326. The number of nitrogens with one attached hydrogen (secondary N) is 1. The zero-order chi connectivity index (χ0) is 19.2. The molecule has 2 N–H and O–H groups in total. The highest BCUT2D eigenvalue weighted by Crippen LogP contribution is 2.21. The van der Waals surface area contributed by atoms with Crippen molar-refractivity contribution in [3.8, 4) is 5.75 Å². The van der Waals surface area contributed by atoms with Gasteiger partial charge in [-0.05, 0) is 41.0 Å². The Morgan fingerprint density at radius 1 is 1.11 bits per heavy atom. The SMILES string of the molecule is CC(CNC(=O)c1ccc(COc2ccc3ccccc3c2)o1)CC(=O)O. The number of fused-ring (bicyclic) bond motifs is 1. The van der Waals surface area contributed by atoms with E-state index in [1.54, 1.807) is 19.1 Å². The lowest BCUT2D eigenvalue weighted by Crippen LogP contribution is -2.28. The lowest BCUT2D eigenvalue weighted by molar-refractivity contribution is -0.137. The standard InChI is InChI=1S/C21H21NO5/c1-14(10-20(23)24)12-22-21(25)19-9-8-18(27-19)13-26-17-7-6-15-4-2-3-5-16(15)11-17/h2-9,11,14H,10,12-13H2,1H3,(H,22,25)(H,23,24). The molecule has 0 saturated heterocycles. The molecule has 0 saturated carbocycles. The van der Waals surface area contributed by atoms with Gasteiger partial charge in [-0.2, -0.15) is 0 Å². The molecule has 0 fully saturated rings. The summed E-state index contributed by atoms with van der Waals surface area (Å²) in [5.41, 5.74) is 0. The fourth-order valence-electron chi connectivity index (χ4n) is 2.71. The molecular formula is C21H21NO5. The van der Waals surface area contributed by atoms with Gasteiger partial charge in [0.1, 0.15) is 18.1 Å². The van der Waals surface area contributed by atoms with Crippen molar-refractivity contribution in [2.75, 3.05) is 6.54 Å². The van der Waals surface area contributed by atoms with E-state index >= 15 is 0 Å². The maximum Gasteiger partial charge on any atom is 0.303 e. The van der Waals surface area contributed by atoms with E-state index < -0.39 is 5.97 Å². The van der Waals surface area contributed by atoms with Crippen LogP contribution in [-0.2, 0) is 11.4 Å². The molecule has 0 bridgehead atoms. The minimum atomic E-state index is -0.886. The topological polar surface area (TPSA) is 88.8 Å². The Balaban J connectivity index is 1.54. The van der Waals surface area contributed by atoms with Crippen LogP contribution in [0.1, 0.15) is 29.7 Å². The number of carbonyl (C=O) groups excluding carboxylic acids is 1. The molecule has 1 amide bonds. The third-order valence-electron chi connectivity index (χ3n) is 4.12. The van der Waals surface area contributed by atoms with Crippen molar-refractivity contribution in [1.29, 1.82) is 0 Å². The second-order valence-electron chi connectivity index (χ2n) is 6.48. The van der Waals surface area contributed by atoms with Gasteiger partial charge >= 0.3 is 5.97 Å². The van der Waals surface area contributed by atoms with Crippen LogP contribution in [0.5, 0.6) is 5.75 Å². The van der Waals surface area contributed by atoms with Crippen LogP contribution in [0.3, 0.4) is 0 Å². The Morgan fingerprint density at radius 3 is 2.67 bits per heavy atom. The van der Waals surface area contributed by atoms with E-state index in [1.807, 2.05) is 42.5 Å². The monoisotopic (exact) mass is 367 g/mol. The smallest absolute Gasteiger partial charge is 0.303 e. The first-order chi connectivity index (χ1) is 13.0. The quantitative estimate of drug-likeness (QED) is 0.631. The summed E-state index contributed by atoms with van der Waals surface area (Å²) >= 11 is 0. The van der Waals surface area contributed by atoms with E-state index in [0.717, 1.165) is 16.5 Å². The number of rotatable bonds is 8. The minimum Gasteiger partial charge on any atom is -0.486 e. The highest BCUT2D eigenvalue weighted by atomic mass is 16.5. The first kappa shape index (κ1) is 18.5. The van der Waals surface area contributed by atoms with Crippen LogP contribution in [0.15, 0.2) is 59.0 Å². The maximum absolute atomic E-state index is 12.1. The van der Waals surface area contributed by atoms with Crippen molar-refractivity contribution in [3.05, 3.63) is 66.1 Å². The van der Waals surface area contributed by atoms with Gasteiger partial charge in [0.25, 0.3) is 5.91 Å². The van der Waals surface area contributed by atoms with Crippen LogP contribution < -0.4 is 10.1 Å². The fraction of sp³-hybridized carbons (Fsp3) is 0.238. The highest BCUT2D eigenvalue weighted by Gasteiger charge is 2.14. The molecule has 0 radical (unpaired) electrons. The predicted molar refractivity (Wildman–Crippen MR) is 101 cm³/mol. The summed E-state index contributed by atoms with van der Waals surface area (Å²) < 4.78 is 11.3. The average molecular weight is 367 g/mol. The molecule has 2 aromatic carbocycles. The first-order valence-electron chi connectivity index (χ1n) is 8.71. The van der Waals surface area contributed by atoms with E-state index in [9.17, 15) is 9.59 Å². The Bertz CT molecular complexity index is 946. The van der Waals surface area contributed by atoms with Gasteiger partial charge in [0.05, 0.1) is 0 Å². The van der Waals surface area contributed by atoms with E-state index in [2.05, 4.69) is 5.32 Å². The van der Waals surface area contributed by atoms with Crippen molar-refractivity contribution in [3.63, 3.8) is 0 Å². The molecule has 0 aliphatic heterocycles. The molecule has 1 atom stereocenters. The number of carboxylic acid groups (broad SMARTS) is 1. The normalized spacial score (nSPS) is 11.9. The average Bonchev–Trinajstić information content (AvgIpc) is 3.13. The molecule has 1 unspecified atom stereocenters. The van der Waals surface area contributed by atoms with Crippen molar-refractivity contribution in [1.82, 2.24) is 5.32 Å². The molecule has 0 aliphatic rings. The van der Waals surface area contributed by atoms with Crippen molar-refractivity contribution >= 4 is 22.6 Å². The molecule has 27 heavy (non-hydrogen) atoms. The van der Waals surface area contributed by atoms with E-state index in [0.29, 0.717) is 5.76 Å². The largest absolute Gasteiger partial charge is 0.486 e. The predicted octanol–water partition coefficient (Wildman–Crippen LogP) is 3.85. The second kappa shape index (κ2) is 8.40. The third kappa shape index (κ3) is 5.10. The van der Waals surface area contributed by atoms with Crippen LogP contribution in [0, 0.1) is 5.92 Å². The zero-order valence-corrected chi connectivity index (χ0v) is 15.0. The van der Waals surface area contributed by atoms with Gasteiger partial charge in [-0.1, -0.05) is 37.3 Å². The van der Waals surface area contributed by atoms with Crippen molar-refractivity contribution in [2.24, 2.45) is 5.92 Å². The number of carbonyl (C=O) groups is 2. The van der Waals surface area contributed by atoms with E-state index in [1.165, 1.54) is 0 Å². The summed E-state index contributed by atoms with van der Waals surface area (Å²) in [7, 11) is 0. The van der Waals surface area contributed by atoms with Crippen molar-refractivity contribution < 1.29 is 23.8 Å². The Labute approximate surface area is 156 Å². The lowest BCUT2D eigenvalue weighted by atomic mass is 10.1. The number of hydrogen-bond donors (Lipinski definition) is 2. The molecule has 3 rings (SSSR count). The van der Waals surface area contributed by atoms with Gasteiger partial charge < -0.3 is 19.6 Å². The summed E-state index contributed by atoms with van der Waals surface area (Å²) in [6.45, 7) is 2.25. The number of benzene rings is 2. The molecule has 0 aliphatic carbocycles. The Hall–Kier alpha value is -3.28. The third-order valence-corrected chi connectivity index (χ3v) is 4.12. The molecule has 140 valence electrons. The number of ether oxygens (including phenoxy) is 1. The fourth-order valence-corrected chi connectivity index (χ4v) is 2.71. The highest BCUT2D eigenvalue weighted by molar-refractivity contribution is 5.91. The van der Waals surface area contributed by atoms with Crippen LogP contribution in [-0.4, -0.2) is 23.5 Å². The van der Waals surface area contributed by atoms with E-state index in [4.69, 9.17) is 14.3 Å². The van der Waals surface area contributed by atoms with Gasteiger partial charge in [0, 0.05) is 13.0 Å².